The number of amides is 1. The van der Waals surface area contributed by atoms with E-state index in [0.717, 1.165) is 45.0 Å². The summed E-state index contributed by atoms with van der Waals surface area (Å²) in [5, 5.41) is 8.86. The fourth-order valence-corrected chi connectivity index (χ4v) is 6.97. The molecule has 3 N–H and O–H groups in total. The van der Waals surface area contributed by atoms with Crippen molar-refractivity contribution in [3.05, 3.63) is 35.5 Å². The Labute approximate surface area is 250 Å². The van der Waals surface area contributed by atoms with Gasteiger partial charge in [-0.3, -0.25) is 4.79 Å². The van der Waals surface area contributed by atoms with Crippen LogP contribution in [0.15, 0.2) is 24.4 Å². The molecule has 2 aliphatic rings. The number of ether oxygens (including phenoxy) is 1. The van der Waals surface area contributed by atoms with Gasteiger partial charge in [-0.1, -0.05) is 19.8 Å². The van der Waals surface area contributed by atoms with Gasteiger partial charge in [-0.25, -0.2) is 13.4 Å². The van der Waals surface area contributed by atoms with Crippen molar-refractivity contribution in [2.24, 2.45) is 0 Å². The minimum absolute atomic E-state index is 0.0737. The molecule has 238 valence electrons. The molecule has 11 nitrogen and oxygen atoms in total. The van der Waals surface area contributed by atoms with Crippen molar-refractivity contribution in [1.82, 2.24) is 24.5 Å². The molecular weight excluding hydrogens is 587 g/mol. The normalized spacial score (nSPS) is 20.6. The first-order valence-electron chi connectivity index (χ1n) is 14.4. The number of benzene rings is 1. The van der Waals surface area contributed by atoms with Crippen LogP contribution in [0.25, 0.3) is 0 Å². The highest BCUT2D eigenvalue weighted by atomic mass is 32.2. The molecule has 1 aromatic carbocycles. The van der Waals surface area contributed by atoms with Gasteiger partial charge in [-0.2, -0.15) is 22.5 Å². The summed E-state index contributed by atoms with van der Waals surface area (Å²) < 4.78 is 73.6. The number of piperidine rings is 1. The van der Waals surface area contributed by atoms with Gasteiger partial charge in [0.05, 0.1) is 19.1 Å². The Balaban J connectivity index is 1.57. The second kappa shape index (κ2) is 13.6. The van der Waals surface area contributed by atoms with Gasteiger partial charge in [0.25, 0.3) is 5.91 Å². The highest BCUT2D eigenvalue weighted by Crippen LogP contribution is 2.37. The second-order valence-electron chi connectivity index (χ2n) is 11.1. The van der Waals surface area contributed by atoms with Crippen LogP contribution in [0.4, 0.5) is 30.6 Å². The summed E-state index contributed by atoms with van der Waals surface area (Å²) in [5.74, 6) is -0.526. The van der Waals surface area contributed by atoms with E-state index in [9.17, 15) is 26.4 Å². The summed E-state index contributed by atoms with van der Waals surface area (Å²) in [7, 11) is -0.111. The molecule has 2 heterocycles. The van der Waals surface area contributed by atoms with Crippen molar-refractivity contribution < 1.29 is 31.1 Å². The number of carbonyl (C=O) groups is 1. The van der Waals surface area contributed by atoms with Crippen LogP contribution in [0.1, 0.15) is 61.4 Å². The van der Waals surface area contributed by atoms with E-state index in [1.165, 1.54) is 11.4 Å². The Kier molecular flexibility index (Phi) is 10.4. The SMILES string of the molecule is CCN([C@@H]1CCCC[C@H]1Nc1nc(Nc2ccc(C(=O)NC3CCN(C)CC3)cc2OC)ncc1C(F)(F)F)S(C)(=O)=O. The lowest BCUT2D eigenvalue weighted by atomic mass is 9.90. The summed E-state index contributed by atoms with van der Waals surface area (Å²) in [6.07, 6.45) is 1.27. The Hall–Kier alpha value is -3.17. The minimum atomic E-state index is -4.74. The van der Waals surface area contributed by atoms with Crippen molar-refractivity contribution in [2.75, 3.05) is 50.7 Å². The monoisotopic (exact) mass is 627 g/mol. The summed E-state index contributed by atoms with van der Waals surface area (Å²) in [5.41, 5.74) is -0.321. The van der Waals surface area contributed by atoms with Gasteiger partial charge in [0.2, 0.25) is 16.0 Å². The number of nitrogens with zero attached hydrogens (tertiary/aromatic N) is 4. The summed E-state index contributed by atoms with van der Waals surface area (Å²) in [6, 6.07) is 3.70. The number of likely N-dealkylation sites (tertiary alicyclic amines) is 1. The van der Waals surface area contributed by atoms with Crippen LogP contribution < -0.4 is 20.7 Å². The molecule has 1 aromatic heterocycles. The first kappa shape index (κ1) is 32.7. The molecule has 1 amide bonds. The predicted molar refractivity (Wildman–Crippen MR) is 158 cm³/mol. The van der Waals surface area contributed by atoms with Crippen LogP contribution in [-0.2, 0) is 16.2 Å². The molecule has 2 fully saturated rings. The third-order valence-electron chi connectivity index (χ3n) is 8.02. The van der Waals surface area contributed by atoms with Gasteiger partial charge in [0, 0.05) is 36.4 Å². The van der Waals surface area contributed by atoms with Crippen molar-refractivity contribution in [2.45, 2.75) is 69.8 Å². The number of sulfonamides is 1. The van der Waals surface area contributed by atoms with E-state index in [0.29, 0.717) is 30.3 Å². The zero-order valence-electron chi connectivity index (χ0n) is 24.9. The third-order valence-corrected chi connectivity index (χ3v) is 9.40. The maximum absolute atomic E-state index is 14.0. The van der Waals surface area contributed by atoms with E-state index in [4.69, 9.17) is 4.74 Å². The van der Waals surface area contributed by atoms with Gasteiger partial charge < -0.3 is 25.6 Å². The number of aromatic nitrogens is 2. The van der Waals surface area contributed by atoms with E-state index in [2.05, 4.69) is 30.8 Å². The molecule has 1 aliphatic heterocycles. The molecule has 1 saturated carbocycles. The first-order valence-corrected chi connectivity index (χ1v) is 16.3. The van der Waals surface area contributed by atoms with Crippen LogP contribution in [0, 0.1) is 0 Å². The van der Waals surface area contributed by atoms with E-state index < -0.39 is 39.7 Å². The molecule has 0 spiro atoms. The van der Waals surface area contributed by atoms with E-state index in [-0.39, 0.29) is 30.2 Å². The van der Waals surface area contributed by atoms with E-state index >= 15 is 0 Å². The van der Waals surface area contributed by atoms with Crippen molar-refractivity contribution in [1.29, 1.82) is 0 Å². The maximum Gasteiger partial charge on any atom is 0.421 e. The smallest absolute Gasteiger partial charge is 0.421 e. The number of likely N-dealkylation sites (N-methyl/N-ethyl adjacent to an activating group) is 1. The fourth-order valence-electron chi connectivity index (χ4n) is 5.75. The Morgan fingerprint density at radius 1 is 1.16 bits per heavy atom. The average Bonchev–Trinajstić information content (AvgIpc) is 2.94. The van der Waals surface area contributed by atoms with Crippen LogP contribution in [-0.4, -0.2) is 91.7 Å². The quantitative estimate of drug-likeness (QED) is 0.357. The minimum Gasteiger partial charge on any atom is -0.495 e. The molecule has 1 saturated heterocycles. The zero-order valence-corrected chi connectivity index (χ0v) is 25.7. The first-order chi connectivity index (χ1) is 20.3. The molecule has 0 unspecified atom stereocenters. The number of rotatable bonds is 10. The Morgan fingerprint density at radius 2 is 1.86 bits per heavy atom. The summed E-state index contributed by atoms with van der Waals surface area (Å²) >= 11 is 0. The van der Waals surface area contributed by atoms with E-state index in [1.807, 2.05) is 7.05 Å². The maximum atomic E-state index is 14.0. The predicted octanol–water partition coefficient (Wildman–Crippen LogP) is 4.08. The Bertz CT molecular complexity index is 1380. The molecule has 0 radical (unpaired) electrons. The molecule has 43 heavy (non-hydrogen) atoms. The van der Waals surface area contributed by atoms with Gasteiger partial charge >= 0.3 is 6.18 Å². The van der Waals surface area contributed by atoms with Gasteiger partial charge in [-0.05, 0) is 64.0 Å². The lowest BCUT2D eigenvalue weighted by Crippen LogP contribution is -2.51. The average molecular weight is 628 g/mol. The molecule has 0 bridgehead atoms. The van der Waals surface area contributed by atoms with Crippen LogP contribution in [0.3, 0.4) is 0 Å². The van der Waals surface area contributed by atoms with Crippen LogP contribution in [0.2, 0.25) is 0 Å². The number of anilines is 3. The number of hydrogen-bond donors (Lipinski definition) is 3. The number of alkyl halides is 3. The van der Waals surface area contributed by atoms with Gasteiger partial charge in [-0.15, -0.1) is 0 Å². The zero-order chi connectivity index (χ0) is 31.4. The lowest BCUT2D eigenvalue weighted by molar-refractivity contribution is -0.137. The topological polar surface area (TPSA) is 129 Å². The number of carbonyl (C=O) groups excluding carboxylic acids is 1. The summed E-state index contributed by atoms with van der Waals surface area (Å²) in [6.45, 7) is 3.71. The van der Waals surface area contributed by atoms with Crippen molar-refractivity contribution in [3.63, 3.8) is 0 Å². The lowest BCUT2D eigenvalue weighted by Gasteiger charge is -2.39. The van der Waals surface area contributed by atoms with Gasteiger partial charge in [0.1, 0.15) is 17.1 Å². The van der Waals surface area contributed by atoms with Crippen LogP contribution >= 0.6 is 0 Å². The highest BCUT2D eigenvalue weighted by Gasteiger charge is 2.39. The highest BCUT2D eigenvalue weighted by molar-refractivity contribution is 7.88. The van der Waals surface area contributed by atoms with Crippen molar-refractivity contribution in [3.8, 4) is 5.75 Å². The van der Waals surface area contributed by atoms with E-state index in [1.54, 1.807) is 25.1 Å². The number of hydrogen-bond acceptors (Lipinski definition) is 9. The van der Waals surface area contributed by atoms with Crippen LogP contribution in [0.5, 0.6) is 5.75 Å². The number of nitrogens with one attached hydrogen (secondary N) is 3. The summed E-state index contributed by atoms with van der Waals surface area (Å²) in [4.78, 5) is 23.1. The van der Waals surface area contributed by atoms with Gasteiger partial charge in [0.15, 0.2) is 0 Å². The largest absolute Gasteiger partial charge is 0.495 e. The molecule has 4 rings (SSSR count). The molecule has 2 atom stereocenters. The van der Waals surface area contributed by atoms with Crippen molar-refractivity contribution >= 4 is 33.4 Å². The number of methoxy groups -OCH3 is 1. The standard InChI is InChI=1S/C28H40F3N7O4S/c1-5-38(43(4,40)41)23-9-7-6-8-21(23)34-25-20(28(29,30)31)17-32-27(36-25)35-22-11-10-18(16-24(22)42-3)26(39)33-19-12-14-37(2)15-13-19/h10-11,16-17,19,21,23H,5-9,12-15H2,1-4H3,(H,33,39)(H2,32,34,35,36)/t21-,23-/m1/s1. The molecule has 1 aliphatic carbocycles. The molecule has 15 heteroatoms. The molecular formula is C28H40F3N7O4S. The number of halogens is 3. The second-order valence-corrected chi connectivity index (χ2v) is 13.0. The Morgan fingerprint density at radius 3 is 2.49 bits per heavy atom. The fraction of sp³-hybridized carbons (Fsp3) is 0.607. The molecule has 2 aromatic rings. The third kappa shape index (κ3) is 8.26.